The predicted molar refractivity (Wildman–Crippen MR) is 109 cm³/mol. The third-order valence-electron chi connectivity index (χ3n) is 3.98. The van der Waals surface area contributed by atoms with Gasteiger partial charge in [0.05, 0.1) is 17.3 Å². The first-order valence-electron chi connectivity index (χ1n) is 8.49. The van der Waals surface area contributed by atoms with E-state index in [2.05, 4.69) is 10.6 Å². The van der Waals surface area contributed by atoms with Gasteiger partial charge in [-0.3, -0.25) is 14.4 Å². The molecule has 8 heteroatoms. The number of aliphatic carboxylic acids is 1. The monoisotopic (exact) mass is 414 g/mol. The van der Waals surface area contributed by atoms with Crippen molar-refractivity contribution in [3.8, 4) is 0 Å². The Kier molecular flexibility index (Phi) is 6.57. The topological polar surface area (TPSA) is 95.5 Å². The van der Waals surface area contributed by atoms with Crippen molar-refractivity contribution in [1.82, 2.24) is 10.6 Å². The Balaban J connectivity index is 1.59. The Morgan fingerprint density at radius 3 is 2.25 bits per heavy atom. The van der Waals surface area contributed by atoms with Crippen LogP contribution in [0.5, 0.6) is 0 Å². The number of benzene rings is 1. The number of carboxylic acids is 1. The lowest BCUT2D eigenvalue weighted by atomic mass is 10.1. The molecule has 28 heavy (non-hydrogen) atoms. The van der Waals surface area contributed by atoms with Crippen LogP contribution in [0.2, 0.25) is 0 Å². The first-order valence-corrected chi connectivity index (χ1v) is 10.3. The number of thiophene rings is 2. The summed E-state index contributed by atoms with van der Waals surface area (Å²) in [6.45, 7) is 0.357. The highest BCUT2D eigenvalue weighted by Gasteiger charge is 2.19. The van der Waals surface area contributed by atoms with Crippen LogP contribution < -0.4 is 10.6 Å². The van der Waals surface area contributed by atoms with Gasteiger partial charge in [-0.15, -0.1) is 22.7 Å². The lowest BCUT2D eigenvalue weighted by Crippen LogP contribution is -2.29. The normalized spacial score (nSPS) is 11.6. The second kappa shape index (κ2) is 9.29. The largest absolute Gasteiger partial charge is 0.481 e. The number of rotatable bonds is 8. The van der Waals surface area contributed by atoms with Gasteiger partial charge in [0.1, 0.15) is 0 Å². The average molecular weight is 415 g/mol. The van der Waals surface area contributed by atoms with Gasteiger partial charge in [-0.25, -0.2) is 0 Å². The summed E-state index contributed by atoms with van der Waals surface area (Å²) in [7, 11) is 0. The van der Waals surface area contributed by atoms with E-state index in [4.69, 9.17) is 5.11 Å². The lowest BCUT2D eigenvalue weighted by Gasteiger charge is -2.15. The van der Waals surface area contributed by atoms with Crippen molar-refractivity contribution in [3.63, 3.8) is 0 Å². The first kappa shape index (κ1) is 19.8. The minimum Gasteiger partial charge on any atom is -0.481 e. The van der Waals surface area contributed by atoms with Crippen molar-refractivity contribution >= 4 is 40.5 Å². The van der Waals surface area contributed by atoms with Crippen LogP contribution in [0.4, 0.5) is 0 Å². The number of hydrogen-bond acceptors (Lipinski definition) is 5. The average Bonchev–Trinajstić information content (AvgIpc) is 3.39. The molecule has 0 aliphatic heterocycles. The minimum atomic E-state index is -0.976. The van der Waals surface area contributed by atoms with Crippen molar-refractivity contribution < 1.29 is 19.5 Å². The summed E-state index contributed by atoms with van der Waals surface area (Å²) in [5.41, 5.74) is 1.29. The van der Waals surface area contributed by atoms with Crippen molar-refractivity contribution in [1.29, 1.82) is 0 Å². The molecular weight excluding hydrogens is 396 g/mol. The van der Waals surface area contributed by atoms with Crippen molar-refractivity contribution in [3.05, 3.63) is 80.2 Å². The Morgan fingerprint density at radius 1 is 0.929 bits per heavy atom. The quantitative estimate of drug-likeness (QED) is 0.524. The lowest BCUT2D eigenvalue weighted by molar-refractivity contribution is -0.137. The summed E-state index contributed by atoms with van der Waals surface area (Å²) >= 11 is 2.78. The molecule has 3 aromatic rings. The smallest absolute Gasteiger partial charge is 0.305 e. The van der Waals surface area contributed by atoms with E-state index in [0.717, 1.165) is 10.4 Å². The van der Waals surface area contributed by atoms with Crippen LogP contribution in [0.25, 0.3) is 0 Å². The Morgan fingerprint density at radius 2 is 1.64 bits per heavy atom. The van der Waals surface area contributed by atoms with Gasteiger partial charge in [0.15, 0.2) is 0 Å². The molecule has 0 spiro atoms. The fraction of sp³-hybridized carbons (Fsp3) is 0.150. The molecule has 0 aliphatic rings. The predicted octanol–water partition coefficient (Wildman–Crippen LogP) is 3.69. The zero-order chi connectivity index (χ0) is 19.9. The van der Waals surface area contributed by atoms with E-state index in [1.165, 1.54) is 22.7 Å². The summed E-state index contributed by atoms with van der Waals surface area (Å²) < 4.78 is 0. The molecule has 2 amide bonds. The highest BCUT2D eigenvalue weighted by atomic mass is 32.1. The number of carbonyl (C=O) groups excluding carboxylic acids is 2. The summed E-state index contributed by atoms with van der Waals surface area (Å²) in [4.78, 5) is 37.0. The first-order chi connectivity index (χ1) is 13.5. The van der Waals surface area contributed by atoms with Gasteiger partial charge in [-0.1, -0.05) is 24.3 Å². The van der Waals surface area contributed by atoms with Gasteiger partial charge in [-0.2, -0.15) is 0 Å². The van der Waals surface area contributed by atoms with Crippen LogP contribution in [0, 0.1) is 0 Å². The summed E-state index contributed by atoms with van der Waals surface area (Å²) in [5, 5.41) is 18.4. The molecule has 3 rings (SSSR count). The van der Waals surface area contributed by atoms with E-state index in [-0.39, 0.29) is 18.2 Å². The molecule has 0 saturated heterocycles. The van der Waals surface area contributed by atoms with Gasteiger partial charge in [0.2, 0.25) is 0 Å². The Labute approximate surface area is 169 Å². The molecular formula is C20H18N2O4S2. The summed E-state index contributed by atoms with van der Waals surface area (Å²) in [6.07, 6.45) is -0.181. The highest BCUT2D eigenvalue weighted by molar-refractivity contribution is 7.12. The van der Waals surface area contributed by atoms with Crippen LogP contribution in [-0.2, 0) is 11.3 Å². The molecule has 0 bridgehead atoms. The second-order valence-corrected chi connectivity index (χ2v) is 7.92. The number of nitrogens with one attached hydrogen (secondary N) is 2. The van der Waals surface area contributed by atoms with Gasteiger partial charge in [0.25, 0.3) is 11.8 Å². The van der Waals surface area contributed by atoms with Crippen LogP contribution in [-0.4, -0.2) is 22.9 Å². The molecule has 0 unspecified atom stereocenters. The number of carboxylic acid groups (broad SMARTS) is 1. The number of hydrogen-bond donors (Lipinski definition) is 3. The van der Waals surface area contributed by atoms with E-state index in [1.807, 2.05) is 22.9 Å². The maximum Gasteiger partial charge on any atom is 0.305 e. The molecule has 1 atom stereocenters. The van der Waals surface area contributed by atoms with Crippen LogP contribution in [0.15, 0.2) is 59.3 Å². The molecule has 0 fully saturated rings. The molecule has 144 valence electrons. The van der Waals surface area contributed by atoms with Crippen molar-refractivity contribution in [2.24, 2.45) is 0 Å². The molecule has 0 saturated carbocycles. The van der Waals surface area contributed by atoms with Crippen molar-refractivity contribution in [2.45, 2.75) is 19.0 Å². The molecule has 1 aromatic carbocycles. The van der Waals surface area contributed by atoms with E-state index in [0.29, 0.717) is 17.0 Å². The van der Waals surface area contributed by atoms with Crippen LogP contribution in [0.3, 0.4) is 0 Å². The van der Waals surface area contributed by atoms with Crippen molar-refractivity contribution in [2.75, 3.05) is 0 Å². The summed E-state index contributed by atoms with van der Waals surface area (Å²) in [6, 6.07) is 13.5. The Hall–Kier alpha value is -2.97. The standard InChI is InChI=1S/C20H18N2O4S2/c23-18(24)11-15(16-3-1-9-27-16)22-19(25)14-7-5-13(6-8-14)12-21-20(26)17-4-2-10-28-17/h1-10,15H,11-12H2,(H,21,26)(H,22,25)(H,23,24)/t15-/m1/s1. The number of carbonyl (C=O) groups is 3. The second-order valence-electron chi connectivity index (χ2n) is 6.00. The van der Waals surface area contributed by atoms with Gasteiger partial charge < -0.3 is 15.7 Å². The van der Waals surface area contributed by atoms with Crippen LogP contribution in [0.1, 0.15) is 42.9 Å². The molecule has 2 heterocycles. The van der Waals surface area contributed by atoms with E-state index >= 15 is 0 Å². The van der Waals surface area contributed by atoms with E-state index < -0.39 is 12.0 Å². The molecule has 2 aromatic heterocycles. The third kappa shape index (κ3) is 5.28. The Bertz CT molecular complexity index is 935. The van der Waals surface area contributed by atoms with Gasteiger partial charge in [0, 0.05) is 17.0 Å². The fourth-order valence-electron chi connectivity index (χ4n) is 2.58. The van der Waals surface area contributed by atoms with E-state index in [9.17, 15) is 14.4 Å². The molecule has 3 N–H and O–H groups in total. The molecule has 6 nitrogen and oxygen atoms in total. The zero-order valence-corrected chi connectivity index (χ0v) is 16.4. The highest BCUT2D eigenvalue weighted by Crippen LogP contribution is 2.22. The minimum absolute atomic E-state index is 0.135. The maximum atomic E-state index is 12.5. The maximum absolute atomic E-state index is 12.5. The van der Waals surface area contributed by atoms with Crippen LogP contribution >= 0.6 is 22.7 Å². The molecule has 0 aliphatic carbocycles. The van der Waals surface area contributed by atoms with Gasteiger partial charge >= 0.3 is 5.97 Å². The molecule has 0 radical (unpaired) electrons. The zero-order valence-electron chi connectivity index (χ0n) is 14.8. The number of amides is 2. The fourth-order valence-corrected chi connectivity index (χ4v) is 4.00. The van der Waals surface area contributed by atoms with E-state index in [1.54, 1.807) is 36.4 Å². The third-order valence-corrected chi connectivity index (χ3v) is 5.84. The summed E-state index contributed by atoms with van der Waals surface area (Å²) in [5.74, 6) is -1.45. The SMILES string of the molecule is O=C(O)C[C@@H](NC(=O)c1ccc(CNC(=O)c2cccs2)cc1)c1cccs1. The van der Waals surface area contributed by atoms with Gasteiger partial charge in [-0.05, 0) is 40.6 Å².